The van der Waals surface area contributed by atoms with Gasteiger partial charge in [0.1, 0.15) is 12.4 Å². The van der Waals surface area contributed by atoms with Crippen molar-refractivity contribution in [3.63, 3.8) is 0 Å². The van der Waals surface area contributed by atoms with Crippen LogP contribution in [0.5, 0.6) is 5.75 Å². The SMILES string of the molecule is CCCCOCCOc1ccc(-c2ccc3c(c2)C=C(C(=O)Nc2ccc([S@](=O)Cc4c(C)ncn4CC)cc2)CCN3C[C@H]2CN(C)CCO2)cc1. The van der Waals surface area contributed by atoms with Gasteiger partial charge in [-0.1, -0.05) is 31.5 Å². The van der Waals surface area contributed by atoms with Gasteiger partial charge in [0.05, 0.1) is 53.6 Å². The van der Waals surface area contributed by atoms with Crippen LogP contribution in [0, 0.1) is 6.92 Å². The maximum Gasteiger partial charge on any atom is 0.251 e. The van der Waals surface area contributed by atoms with Crippen LogP contribution in [0.15, 0.2) is 83.5 Å². The molecule has 1 aromatic heterocycles. The first-order chi connectivity index (χ1) is 25.8. The molecule has 3 heterocycles. The van der Waals surface area contributed by atoms with Crippen LogP contribution >= 0.6 is 0 Å². The Hall–Kier alpha value is -4.29. The third-order valence-electron chi connectivity index (χ3n) is 9.87. The van der Waals surface area contributed by atoms with E-state index in [1.54, 1.807) is 6.33 Å². The summed E-state index contributed by atoms with van der Waals surface area (Å²) in [6, 6.07) is 21.9. The number of unbranched alkanes of at least 4 members (excludes halogenated alkanes) is 1. The van der Waals surface area contributed by atoms with Crippen LogP contribution in [-0.2, 0) is 37.4 Å². The Morgan fingerprint density at radius 2 is 1.79 bits per heavy atom. The molecule has 282 valence electrons. The largest absolute Gasteiger partial charge is 0.491 e. The van der Waals surface area contributed by atoms with Gasteiger partial charge in [-0.3, -0.25) is 9.00 Å². The van der Waals surface area contributed by atoms with E-state index in [1.165, 1.54) is 0 Å². The molecular weight excluding hydrogens is 687 g/mol. The van der Waals surface area contributed by atoms with Gasteiger partial charge < -0.3 is 33.9 Å². The van der Waals surface area contributed by atoms with Gasteiger partial charge in [0.25, 0.3) is 5.91 Å². The van der Waals surface area contributed by atoms with Gasteiger partial charge >= 0.3 is 0 Å². The first kappa shape index (κ1) is 38.4. The molecule has 3 aromatic carbocycles. The normalized spacial score (nSPS) is 16.8. The lowest BCUT2D eigenvalue weighted by molar-refractivity contribution is -0.112. The van der Waals surface area contributed by atoms with E-state index in [0.29, 0.717) is 54.7 Å². The number of imidazole rings is 1. The van der Waals surface area contributed by atoms with Crippen molar-refractivity contribution in [2.75, 3.05) is 69.9 Å². The van der Waals surface area contributed by atoms with E-state index < -0.39 is 10.8 Å². The number of hydrogen-bond acceptors (Lipinski definition) is 8. The molecule has 4 aromatic rings. The summed E-state index contributed by atoms with van der Waals surface area (Å²) in [4.78, 5) is 23.6. The zero-order valence-corrected chi connectivity index (χ0v) is 32.3. The monoisotopic (exact) mass is 739 g/mol. The van der Waals surface area contributed by atoms with E-state index in [9.17, 15) is 9.00 Å². The van der Waals surface area contributed by atoms with E-state index in [-0.39, 0.29) is 12.0 Å². The molecule has 11 heteroatoms. The molecule has 2 aliphatic rings. The van der Waals surface area contributed by atoms with Crippen molar-refractivity contribution in [3.8, 4) is 16.9 Å². The molecule has 53 heavy (non-hydrogen) atoms. The Bertz CT molecular complexity index is 1870. The lowest BCUT2D eigenvalue weighted by Crippen LogP contribution is -2.46. The van der Waals surface area contributed by atoms with E-state index in [4.69, 9.17) is 14.2 Å². The molecule has 2 aliphatic heterocycles. The zero-order chi connectivity index (χ0) is 37.2. The van der Waals surface area contributed by atoms with Crippen molar-refractivity contribution in [1.29, 1.82) is 0 Å². The highest BCUT2D eigenvalue weighted by atomic mass is 32.2. The van der Waals surface area contributed by atoms with Crippen LogP contribution in [0.4, 0.5) is 11.4 Å². The number of ether oxygens (including phenoxy) is 3. The van der Waals surface area contributed by atoms with Crippen molar-refractivity contribution in [2.24, 2.45) is 0 Å². The summed E-state index contributed by atoms with van der Waals surface area (Å²) in [5, 5.41) is 3.10. The van der Waals surface area contributed by atoms with Crippen LogP contribution in [0.2, 0.25) is 0 Å². The molecule has 1 fully saturated rings. The number of morpholine rings is 1. The molecule has 1 N–H and O–H groups in total. The van der Waals surface area contributed by atoms with Gasteiger partial charge in [0, 0.05) is 61.2 Å². The number of carbonyl (C=O) groups is 1. The van der Waals surface area contributed by atoms with Gasteiger partial charge in [-0.05, 0) is 105 Å². The highest BCUT2D eigenvalue weighted by Crippen LogP contribution is 2.34. The Morgan fingerprint density at radius 1 is 1.00 bits per heavy atom. The highest BCUT2D eigenvalue weighted by molar-refractivity contribution is 7.84. The lowest BCUT2D eigenvalue weighted by atomic mass is 10.00. The highest BCUT2D eigenvalue weighted by Gasteiger charge is 2.25. The third-order valence-corrected chi connectivity index (χ3v) is 11.2. The molecule has 1 saturated heterocycles. The van der Waals surface area contributed by atoms with E-state index in [0.717, 1.165) is 85.1 Å². The Labute approximate surface area is 316 Å². The van der Waals surface area contributed by atoms with Crippen molar-refractivity contribution in [2.45, 2.75) is 63.3 Å². The van der Waals surface area contributed by atoms with Gasteiger partial charge in [-0.15, -0.1) is 0 Å². The number of benzene rings is 3. The van der Waals surface area contributed by atoms with Gasteiger partial charge in [0.2, 0.25) is 0 Å². The van der Waals surface area contributed by atoms with Crippen LogP contribution in [0.3, 0.4) is 0 Å². The second kappa shape index (κ2) is 18.6. The average molecular weight is 740 g/mol. The number of nitrogens with one attached hydrogen (secondary N) is 1. The maximum absolute atomic E-state index is 13.8. The van der Waals surface area contributed by atoms with Gasteiger partial charge in [0.15, 0.2) is 0 Å². The molecule has 10 nitrogen and oxygen atoms in total. The summed E-state index contributed by atoms with van der Waals surface area (Å²) in [6.45, 7) is 12.7. The second-order valence-electron chi connectivity index (χ2n) is 13.8. The summed E-state index contributed by atoms with van der Waals surface area (Å²) in [7, 11) is 0.896. The Kier molecular flexibility index (Phi) is 13.5. The molecule has 6 rings (SSSR count). The number of aromatic nitrogens is 2. The number of aryl methyl sites for hydroxylation is 2. The van der Waals surface area contributed by atoms with Crippen molar-refractivity contribution in [1.82, 2.24) is 14.5 Å². The molecule has 0 aliphatic carbocycles. The fraction of sp³-hybridized carbons (Fsp3) is 0.429. The summed E-state index contributed by atoms with van der Waals surface area (Å²) < 4.78 is 33.0. The maximum atomic E-state index is 13.8. The second-order valence-corrected chi connectivity index (χ2v) is 15.2. The number of fused-ring (bicyclic) bond motifs is 1. The number of amides is 1. The van der Waals surface area contributed by atoms with E-state index in [2.05, 4.69) is 71.3 Å². The fourth-order valence-corrected chi connectivity index (χ4v) is 7.98. The van der Waals surface area contributed by atoms with Crippen LogP contribution in [0.1, 0.15) is 50.1 Å². The number of hydrogen-bond donors (Lipinski definition) is 1. The van der Waals surface area contributed by atoms with Gasteiger partial charge in [-0.2, -0.15) is 0 Å². The Morgan fingerprint density at radius 3 is 2.55 bits per heavy atom. The fourth-order valence-electron chi connectivity index (χ4n) is 6.75. The lowest BCUT2D eigenvalue weighted by Gasteiger charge is -2.35. The number of rotatable bonds is 16. The minimum absolute atomic E-state index is 0.0803. The van der Waals surface area contributed by atoms with Crippen molar-refractivity contribution >= 4 is 34.2 Å². The first-order valence-corrected chi connectivity index (χ1v) is 20.1. The summed E-state index contributed by atoms with van der Waals surface area (Å²) in [5.74, 6) is 1.06. The Balaban J connectivity index is 1.17. The smallest absolute Gasteiger partial charge is 0.251 e. The summed E-state index contributed by atoms with van der Waals surface area (Å²) in [5.41, 5.74) is 7.45. The first-order valence-electron chi connectivity index (χ1n) is 18.8. The van der Waals surface area contributed by atoms with Crippen LogP contribution in [0.25, 0.3) is 17.2 Å². The molecule has 0 radical (unpaired) electrons. The van der Waals surface area contributed by atoms with Crippen LogP contribution in [-0.4, -0.2) is 90.3 Å². The number of likely N-dealkylation sites (N-methyl/N-ethyl adjacent to an activating group) is 1. The molecule has 0 unspecified atom stereocenters. The average Bonchev–Trinajstić information content (AvgIpc) is 3.41. The van der Waals surface area contributed by atoms with Crippen LogP contribution < -0.4 is 15.0 Å². The zero-order valence-electron chi connectivity index (χ0n) is 31.5. The number of carbonyl (C=O) groups excluding carboxylic acids is 1. The van der Waals surface area contributed by atoms with E-state index in [1.807, 2.05) is 54.0 Å². The minimum Gasteiger partial charge on any atom is -0.491 e. The predicted molar refractivity (Wildman–Crippen MR) is 213 cm³/mol. The van der Waals surface area contributed by atoms with Crippen molar-refractivity contribution in [3.05, 3.63) is 95.6 Å². The topological polar surface area (TPSA) is 98.2 Å². The molecular formula is C42H53N5O5S. The summed E-state index contributed by atoms with van der Waals surface area (Å²) >= 11 is 0. The number of nitrogens with zero attached hydrogens (tertiary/aromatic N) is 4. The predicted octanol–water partition coefficient (Wildman–Crippen LogP) is 6.94. The minimum atomic E-state index is -1.24. The van der Waals surface area contributed by atoms with Gasteiger partial charge in [-0.25, -0.2) is 4.98 Å². The van der Waals surface area contributed by atoms with E-state index >= 15 is 0 Å². The molecule has 0 bridgehead atoms. The summed E-state index contributed by atoms with van der Waals surface area (Å²) in [6.07, 6.45) is 6.67. The quantitative estimate of drug-likeness (QED) is 0.124. The standard InChI is InChI=1S/C42H53N5O5S/c1-5-7-21-50-23-24-52-37-13-8-32(9-14-37)33-10-17-40-35(25-33)26-34(18-19-47(40)28-38-27-45(4)20-22-51-38)42(48)44-36-11-15-39(16-12-36)53(49)29-41-31(3)43-30-46(41)6-2/h8-17,25-26,30,38H,5-7,18-24,27-29H2,1-4H3,(H,44,48)/t38-,53-/m1/s1. The van der Waals surface area contributed by atoms with Crippen molar-refractivity contribution < 1.29 is 23.2 Å². The molecule has 2 atom stereocenters. The number of anilines is 2. The molecule has 0 spiro atoms. The molecule has 0 saturated carbocycles. The third kappa shape index (κ3) is 10.2. The molecule has 1 amide bonds.